The lowest BCUT2D eigenvalue weighted by atomic mass is 10.1. The van der Waals surface area contributed by atoms with Crippen LogP contribution in [0.25, 0.3) is 5.69 Å². The molecule has 0 fully saturated rings. The fourth-order valence-electron chi connectivity index (χ4n) is 2.38. The van der Waals surface area contributed by atoms with E-state index in [0.29, 0.717) is 14.6 Å². The summed E-state index contributed by atoms with van der Waals surface area (Å²) >= 11 is 6.59. The van der Waals surface area contributed by atoms with Gasteiger partial charge in [0.1, 0.15) is 10.7 Å². The molecule has 0 atom stereocenters. The van der Waals surface area contributed by atoms with Crippen LogP contribution in [0.5, 0.6) is 0 Å². The van der Waals surface area contributed by atoms with Gasteiger partial charge in [-0.3, -0.25) is 9.36 Å². The number of carbonyl (C=O) groups excluding carboxylic acids is 1. The van der Waals surface area contributed by atoms with Crippen molar-refractivity contribution in [2.45, 2.75) is 13.3 Å². The first-order valence-corrected chi connectivity index (χ1v) is 8.79. The smallest absolute Gasteiger partial charge is 0.269 e. The lowest BCUT2D eigenvalue weighted by Crippen LogP contribution is -2.13. The number of nitrogens with two attached hydrogens (primary N) is 1. The van der Waals surface area contributed by atoms with E-state index < -0.39 is 0 Å². The van der Waals surface area contributed by atoms with Crippen LogP contribution in [-0.4, -0.2) is 10.5 Å². The summed E-state index contributed by atoms with van der Waals surface area (Å²) in [5.41, 5.74) is 8.99. The minimum atomic E-state index is -0.248. The number of anilines is 2. The van der Waals surface area contributed by atoms with Gasteiger partial charge in [-0.15, -0.1) is 0 Å². The number of nitrogen functional groups attached to an aromatic ring is 1. The van der Waals surface area contributed by atoms with E-state index >= 15 is 0 Å². The first-order valence-electron chi connectivity index (χ1n) is 7.57. The zero-order valence-electron chi connectivity index (χ0n) is 13.2. The fraction of sp³-hybridized carbons (Fsp3) is 0.111. The van der Waals surface area contributed by atoms with Crippen LogP contribution in [0.15, 0.2) is 54.6 Å². The summed E-state index contributed by atoms with van der Waals surface area (Å²) in [4.78, 5) is 13.0. The lowest BCUT2D eigenvalue weighted by molar-refractivity contribution is 0.103. The molecule has 0 saturated heterocycles. The van der Waals surface area contributed by atoms with E-state index in [2.05, 4.69) is 12.2 Å². The predicted octanol–water partition coefficient (Wildman–Crippen LogP) is 4.67. The van der Waals surface area contributed by atoms with E-state index in [1.54, 1.807) is 4.57 Å². The van der Waals surface area contributed by atoms with Crippen molar-refractivity contribution in [2.24, 2.45) is 0 Å². The number of amides is 1. The Bertz CT molecular complexity index is 912. The number of aryl methyl sites for hydroxylation is 1. The minimum Gasteiger partial charge on any atom is -0.383 e. The fourth-order valence-corrected chi connectivity index (χ4v) is 3.64. The van der Waals surface area contributed by atoms with Crippen LogP contribution in [-0.2, 0) is 6.42 Å². The molecule has 0 aliphatic carbocycles. The molecule has 0 saturated carbocycles. The van der Waals surface area contributed by atoms with Gasteiger partial charge >= 0.3 is 0 Å². The van der Waals surface area contributed by atoms with Crippen LogP contribution in [0.4, 0.5) is 11.5 Å². The highest BCUT2D eigenvalue weighted by atomic mass is 32.1. The average molecular weight is 355 g/mol. The summed E-state index contributed by atoms with van der Waals surface area (Å²) in [5.74, 6) is 0.112. The Kier molecular flexibility index (Phi) is 4.78. The van der Waals surface area contributed by atoms with Gasteiger partial charge in [-0.1, -0.05) is 48.6 Å². The molecule has 0 spiro atoms. The van der Waals surface area contributed by atoms with Crippen molar-refractivity contribution in [3.05, 3.63) is 69.0 Å². The molecule has 0 unspecified atom stereocenters. The third-order valence-electron chi connectivity index (χ3n) is 3.69. The molecular formula is C18H17N3OS2. The maximum absolute atomic E-state index is 12.5. The van der Waals surface area contributed by atoms with Crippen LogP contribution >= 0.6 is 23.6 Å². The molecule has 1 amide bonds. The van der Waals surface area contributed by atoms with Gasteiger partial charge in [-0.2, -0.15) is 0 Å². The third-order valence-corrected chi connectivity index (χ3v) is 5.07. The van der Waals surface area contributed by atoms with Crippen molar-refractivity contribution >= 4 is 41.0 Å². The number of para-hydroxylation sites is 1. The maximum atomic E-state index is 12.5. The Balaban J connectivity index is 1.89. The molecule has 1 heterocycles. The SMILES string of the molecule is CCc1ccc(NC(=O)c2sc(=S)n(-c3ccccc3)c2N)cc1. The summed E-state index contributed by atoms with van der Waals surface area (Å²) in [6, 6.07) is 17.3. The number of carbonyl (C=O) groups is 1. The van der Waals surface area contributed by atoms with Crippen LogP contribution in [0.2, 0.25) is 0 Å². The molecule has 0 aliphatic rings. The molecule has 24 heavy (non-hydrogen) atoms. The number of aromatic nitrogens is 1. The maximum Gasteiger partial charge on any atom is 0.269 e. The Hall–Kier alpha value is -2.44. The highest BCUT2D eigenvalue weighted by Crippen LogP contribution is 2.27. The van der Waals surface area contributed by atoms with E-state index in [-0.39, 0.29) is 5.91 Å². The van der Waals surface area contributed by atoms with Gasteiger partial charge in [0, 0.05) is 11.4 Å². The van der Waals surface area contributed by atoms with Crippen molar-refractivity contribution in [3.63, 3.8) is 0 Å². The number of nitrogens with zero attached hydrogens (tertiary/aromatic N) is 1. The number of hydrogen-bond donors (Lipinski definition) is 2. The quantitative estimate of drug-likeness (QED) is 0.669. The van der Waals surface area contributed by atoms with E-state index in [1.165, 1.54) is 16.9 Å². The van der Waals surface area contributed by atoms with Crippen molar-refractivity contribution in [2.75, 3.05) is 11.1 Å². The first kappa shape index (κ1) is 16.4. The zero-order chi connectivity index (χ0) is 17.1. The first-order chi connectivity index (χ1) is 11.6. The zero-order valence-corrected chi connectivity index (χ0v) is 14.8. The summed E-state index contributed by atoms with van der Waals surface area (Å²) in [6.07, 6.45) is 0.961. The molecule has 122 valence electrons. The predicted molar refractivity (Wildman–Crippen MR) is 103 cm³/mol. The highest BCUT2D eigenvalue weighted by molar-refractivity contribution is 7.73. The van der Waals surface area contributed by atoms with Gasteiger partial charge in [0.05, 0.1) is 0 Å². The molecule has 3 aromatic rings. The summed E-state index contributed by atoms with van der Waals surface area (Å²) < 4.78 is 2.26. The van der Waals surface area contributed by atoms with Gasteiger partial charge in [-0.25, -0.2) is 0 Å². The third kappa shape index (κ3) is 3.25. The van der Waals surface area contributed by atoms with Crippen molar-refractivity contribution in [1.29, 1.82) is 0 Å². The second kappa shape index (κ2) is 6.98. The van der Waals surface area contributed by atoms with Gasteiger partial charge < -0.3 is 11.1 Å². The van der Waals surface area contributed by atoms with Crippen molar-refractivity contribution in [1.82, 2.24) is 4.57 Å². The van der Waals surface area contributed by atoms with Gasteiger partial charge in [-0.05, 0) is 48.5 Å². The van der Waals surface area contributed by atoms with Gasteiger partial charge in [0.15, 0.2) is 3.95 Å². The Morgan fingerprint density at radius 2 is 1.83 bits per heavy atom. The van der Waals surface area contributed by atoms with E-state index in [0.717, 1.165) is 17.8 Å². The normalized spacial score (nSPS) is 10.5. The topological polar surface area (TPSA) is 60.0 Å². The largest absolute Gasteiger partial charge is 0.383 e. The van der Waals surface area contributed by atoms with Crippen molar-refractivity contribution in [3.8, 4) is 5.69 Å². The molecule has 3 rings (SSSR count). The van der Waals surface area contributed by atoms with Crippen LogP contribution in [0.3, 0.4) is 0 Å². The monoisotopic (exact) mass is 355 g/mol. The molecule has 0 aliphatic heterocycles. The number of hydrogen-bond acceptors (Lipinski definition) is 4. The molecule has 1 aromatic heterocycles. The highest BCUT2D eigenvalue weighted by Gasteiger charge is 2.18. The van der Waals surface area contributed by atoms with E-state index in [1.807, 2.05) is 54.6 Å². The average Bonchev–Trinajstić information content (AvgIpc) is 2.91. The Labute approximate surface area is 149 Å². The number of rotatable bonds is 4. The summed E-state index contributed by atoms with van der Waals surface area (Å²) in [5, 5.41) is 2.87. The van der Waals surface area contributed by atoms with Gasteiger partial charge in [0.25, 0.3) is 5.91 Å². The molecule has 0 radical (unpaired) electrons. The van der Waals surface area contributed by atoms with E-state index in [4.69, 9.17) is 18.0 Å². The van der Waals surface area contributed by atoms with Crippen molar-refractivity contribution < 1.29 is 4.79 Å². The second-order valence-corrected chi connectivity index (χ2v) is 6.90. The van der Waals surface area contributed by atoms with Crippen LogP contribution in [0, 0.1) is 3.95 Å². The van der Waals surface area contributed by atoms with E-state index in [9.17, 15) is 4.79 Å². The molecule has 2 aromatic carbocycles. The number of benzene rings is 2. The molecule has 4 nitrogen and oxygen atoms in total. The Morgan fingerprint density at radius 3 is 2.46 bits per heavy atom. The molecular weight excluding hydrogens is 338 g/mol. The van der Waals surface area contributed by atoms with Gasteiger partial charge in [0.2, 0.25) is 0 Å². The minimum absolute atomic E-state index is 0.248. The second-order valence-electron chi connectivity index (χ2n) is 5.26. The molecule has 3 N–H and O–H groups in total. The number of nitrogens with one attached hydrogen (secondary N) is 1. The van der Waals surface area contributed by atoms with Crippen LogP contribution in [0.1, 0.15) is 22.2 Å². The standard InChI is InChI=1S/C18H17N3OS2/c1-2-12-8-10-13(11-9-12)20-17(22)15-16(19)21(18(23)24-15)14-6-4-3-5-7-14/h3-11H,2,19H2,1H3,(H,20,22). The summed E-state index contributed by atoms with van der Waals surface area (Å²) in [6.45, 7) is 2.09. The van der Waals surface area contributed by atoms with Crippen LogP contribution < -0.4 is 11.1 Å². The molecule has 6 heteroatoms. The Morgan fingerprint density at radius 1 is 1.17 bits per heavy atom. The lowest BCUT2D eigenvalue weighted by Gasteiger charge is -2.07. The molecule has 0 bridgehead atoms. The number of thiazole rings is 1. The summed E-state index contributed by atoms with van der Waals surface area (Å²) in [7, 11) is 0.